The lowest BCUT2D eigenvalue weighted by Gasteiger charge is -2.26. The second kappa shape index (κ2) is 7.50. The van der Waals surface area contributed by atoms with E-state index in [1.807, 2.05) is 37.3 Å². The van der Waals surface area contributed by atoms with Crippen LogP contribution in [0.15, 0.2) is 59.6 Å². The Morgan fingerprint density at radius 1 is 1.06 bits per heavy atom. The first-order chi connectivity index (χ1) is 15.2. The number of carbonyl (C=O) groups excluding carboxylic acids is 1. The second-order valence-electron chi connectivity index (χ2n) is 8.52. The Balaban J connectivity index is 1.44. The molecule has 1 unspecified atom stereocenters. The average Bonchev–Trinajstić information content (AvgIpc) is 3.32. The number of primary sulfonamides is 1. The molecule has 0 saturated heterocycles. The molecule has 1 aromatic heterocycles. The number of fused-ring (bicyclic) bond motifs is 2. The zero-order valence-electron chi connectivity index (χ0n) is 17.5. The third-order valence-corrected chi connectivity index (χ3v) is 7.27. The number of sulfonamides is 1. The number of rotatable bonds is 3. The van der Waals surface area contributed by atoms with Gasteiger partial charge < -0.3 is 4.90 Å². The lowest BCUT2D eigenvalue weighted by atomic mass is 10.0. The van der Waals surface area contributed by atoms with Crippen molar-refractivity contribution in [2.45, 2.75) is 37.1 Å². The van der Waals surface area contributed by atoms with Crippen LogP contribution in [0.5, 0.6) is 0 Å². The zero-order valence-corrected chi connectivity index (χ0v) is 18.3. The summed E-state index contributed by atoms with van der Waals surface area (Å²) in [6, 6.07) is 14.1. The number of anilines is 1. The minimum atomic E-state index is -4.23. The van der Waals surface area contributed by atoms with Crippen molar-refractivity contribution in [3.63, 3.8) is 0 Å². The molecule has 1 aliphatic carbocycles. The smallest absolute Gasteiger partial charge is 0.241 e. The van der Waals surface area contributed by atoms with Crippen LogP contribution >= 0.6 is 0 Å². The highest BCUT2D eigenvalue weighted by atomic mass is 32.2. The topological polar surface area (TPSA) is 93.4 Å². The molecule has 8 heteroatoms. The van der Waals surface area contributed by atoms with Crippen LogP contribution in [0.4, 0.5) is 10.1 Å². The number of carbonyl (C=O) groups is 1. The van der Waals surface area contributed by atoms with Gasteiger partial charge in [0.1, 0.15) is 10.7 Å². The van der Waals surface area contributed by atoms with E-state index in [0.29, 0.717) is 30.5 Å². The van der Waals surface area contributed by atoms with Crippen molar-refractivity contribution in [3.8, 4) is 11.3 Å². The van der Waals surface area contributed by atoms with E-state index in [-0.39, 0.29) is 17.9 Å². The largest absolute Gasteiger partial charge is 0.309 e. The van der Waals surface area contributed by atoms with Gasteiger partial charge in [-0.05, 0) is 73.2 Å². The molecule has 0 spiro atoms. The number of hydrogen-bond donors (Lipinski definition) is 1. The summed E-state index contributed by atoms with van der Waals surface area (Å²) in [6.07, 6.45) is 3.42. The maximum Gasteiger partial charge on any atom is 0.241 e. The Labute approximate surface area is 185 Å². The van der Waals surface area contributed by atoms with Gasteiger partial charge >= 0.3 is 0 Å². The van der Waals surface area contributed by atoms with E-state index in [2.05, 4.69) is 11.1 Å². The van der Waals surface area contributed by atoms with Gasteiger partial charge in [0.25, 0.3) is 0 Å². The molecule has 2 N–H and O–H groups in total. The number of amides is 1. The highest BCUT2D eigenvalue weighted by Gasteiger charge is 2.38. The number of hydrogen-bond acceptors (Lipinski definition) is 4. The summed E-state index contributed by atoms with van der Waals surface area (Å²) in [4.78, 5) is 19.0. The van der Waals surface area contributed by atoms with Crippen molar-refractivity contribution in [1.82, 2.24) is 4.98 Å². The summed E-state index contributed by atoms with van der Waals surface area (Å²) in [5.74, 6) is -1.23. The molecule has 5 rings (SSSR count). The molecule has 2 heterocycles. The minimum absolute atomic E-state index is 0.0844. The molecular weight excluding hydrogens is 429 g/mol. The van der Waals surface area contributed by atoms with Gasteiger partial charge in [-0.15, -0.1) is 0 Å². The number of benzene rings is 2. The molecule has 2 aromatic carbocycles. The fourth-order valence-electron chi connectivity index (χ4n) is 4.85. The molecule has 1 aliphatic heterocycles. The van der Waals surface area contributed by atoms with Crippen molar-refractivity contribution >= 4 is 21.6 Å². The SMILES string of the molecule is CC1Cc2cc(F)c(S(N)(=O)=O)cc2N1C(=O)[C@@H]1Cc2ccc(-c3ccccn3)cc2C1. The normalized spacial score (nSPS) is 19.7. The highest BCUT2D eigenvalue weighted by molar-refractivity contribution is 7.89. The van der Waals surface area contributed by atoms with Crippen LogP contribution < -0.4 is 10.0 Å². The van der Waals surface area contributed by atoms with Gasteiger partial charge in [-0.2, -0.15) is 0 Å². The monoisotopic (exact) mass is 451 g/mol. The Kier molecular flexibility index (Phi) is 4.87. The Hall–Kier alpha value is -3.10. The third-order valence-electron chi connectivity index (χ3n) is 6.34. The van der Waals surface area contributed by atoms with Gasteiger partial charge in [-0.1, -0.05) is 18.2 Å². The molecule has 0 bridgehead atoms. The predicted octanol–water partition coefficient (Wildman–Crippen LogP) is 3.23. The van der Waals surface area contributed by atoms with Crippen molar-refractivity contribution in [3.05, 3.63) is 77.2 Å². The number of nitrogens with two attached hydrogens (primary N) is 1. The lowest BCUT2D eigenvalue weighted by molar-refractivity contribution is -0.122. The molecule has 2 atom stereocenters. The molecule has 32 heavy (non-hydrogen) atoms. The van der Waals surface area contributed by atoms with Crippen molar-refractivity contribution in [2.24, 2.45) is 11.1 Å². The van der Waals surface area contributed by atoms with Crippen molar-refractivity contribution in [1.29, 1.82) is 0 Å². The van der Waals surface area contributed by atoms with Gasteiger partial charge in [0.2, 0.25) is 15.9 Å². The molecular formula is C24H22FN3O3S. The van der Waals surface area contributed by atoms with E-state index in [9.17, 15) is 17.6 Å². The summed E-state index contributed by atoms with van der Waals surface area (Å²) >= 11 is 0. The second-order valence-corrected chi connectivity index (χ2v) is 10.1. The van der Waals surface area contributed by atoms with Crippen LogP contribution in [0, 0.1) is 11.7 Å². The van der Waals surface area contributed by atoms with Crippen molar-refractivity contribution < 1.29 is 17.6 Å². The van der Waals surface area contributed by atoms with Crippen LogP contribution in [0.3, 0.4) is 0 Å². The lowest BCUT2D eigenvalue weighted by Crippen LogP contribution is -2.40. The highest BCUT2D eigenvalue weighted by Crippen LogP contribution is 2.39. The van der Waals surface area contributed by atoms with Gasteiger partial charge in [-0.25, -0.2) is 17.9 Å². The summed E-state index contributed by atoms with van der Waals surface area (Å²) in [5, 5.41) is 5.17. The van der Waals surface area contributed by atoms with Gasteiger partial charge in [0, 0.05) is 29.4 Å². The standard InChI is InChI=1S/C24H22FN3O3S/c1-14-8-18-12-20(25)23(32(26,30)31)13-22(18)28(14)24(29)19-9-15-5-6-16(10-17(15)11-19)21-4-2-3-7-27-21/h2-7,10,12-14,19H,8-9,11H2,1H3,(H2,26,30,31)/t14?,19-/m1/s1. The Morgan fingerprint density at radius 2 is 1.84 bits per heavy atom. The molecule has 2 aliphatic rings. The zero-order chi connectivity index (χ0) is 22.6. The van der Waals surface area contributed by atoms with Crippen LogP contribution in [0.1, 0.15) is 23.6 Å². The van der Waals surface area contributed by atoms with Gasteiger partial charge in [-0.3, -0.25) is 9.78 Å². The fraction of sp³-hybridized carbons (Fsp3) is 0.250. The van der Waals surface area contributed by atoms with Crippen molar-refractivity contribution in [2.75, 3.05) is 4.90 Å². The summed E-state index contributed by atoms with van der Waals surface area (Å²) in [7, 11) is -4.23. The number of pyridine rings is 1. The number of halogens is 1. The van der Waals surface area contributed by atoms with Gasteiger partial charge in [0.05, 0.1) is 5.69 Å². The molecule has 0 saturated carbocycles. The summed E-state index contributed by atoms with van der Waals surface area (Å²) < 4.78 is 37.9. The number of nitrogens with zero attached hydrogens (tertiary/aromatic N) is 2. The van der Waals surface area contributed by atoms with E-state index in [1.54, 1.807) is 11.1 Å². The van der Waals surface area contributed by atoms with E-state index in [0.717, 1.165) is 22.4 Å². The molecule has 164 valence electrons. The predicted molar refractivity (Wildman–Crippen MR) is 119 cm³/mol. The molecule has 0 radical (unpaired) electrons. The third kappa shape index (κ3) is 3.49. The van der Waals surface area contributed by atoms with E-state index in [1.165, 1.54) is 12.1 Å². The summed E-state index contributed by atoms with van der Waals surface area (Å²) in [6.45, 7) is 1.88. The van der Waals surface area contributed by atoms with E-state index < -0.39 is 20.7 Å². The van der Waals surface area contributed by atoms with Crippen LogP contribution in [0.2, 0.25) is 0 Å². The quantitative estimate of drug-likeness (QED) is 0.662. The first-order valence-electron chi connectivity index (χ1n) is 10.4. The maximum absolute atomic E-state index is 14.3. The van der Waals surface area contributed by atoms with Crippen LogP contribution in [-0.2, 0) is 34.1 Å². The Morgan fingerprint density at radius 3 is 2.56 bits per heavy atom. The van der Waals surface area contributed by atoms with Crippen LogP contribution in [0.25, 0.3) is 11.3 Å². The van der Waals surface area contributed by atoms with Gasteiger partial charge in [0.15, 0.2) is 0 Å². The molecule has 1 amide bonds. The first kappa shape index (κ1) is 20.8. The van der Waals surface area contributed by atoms with Crippen LogP contribution in [-0.4, -0.2) is 25.4 Å². The van der Waals surface area contributed by atoms with E-state index >= 15 is 0 Å². The molecule has 6 nitrogen and oxygen atoms in total. The fourth-order valence-corrected chi connectivity index (χ4v) is 5.46. The molecule has 0 fully saturated rings. The summed E-state index contributed by atoms with van der Waals surface area (Å²) in [5.41, 5.74) is 5.17. The average molecular weight is 452 g/mol. The number of aromatic nitrogens is 1. The maximum atomic E-state index is 14.3. The Bertz CT molecular complexity index is 1340. The first-order valence-corrected chi connectivity index (χ1v) is 12.0. The van der Waals surface area contributed by atoms with E-state index in [4.69, 9.17) is 5.14 Å². The minimum Gasteiger partial charge on any atom is -0.309 e. The molecule has 3 aromatic rings.